The summed E-state index contributed by atoms with van der Waals surface area (Å²) in [5, 5.41) is 3.15. The van der Waals surface area contributed by atoms with Crippen molar-refractivity contribution in [3.8, 4) is 0 Å². The summed E-state index contributed by atoms with van der Waals surface area (Å²) in [7, 11) is 1.70. The van der Waals surface area contributed by atoms with Crippen molar-refractivity contribution in [1.82, 2.24) is 29.3 Å². The summed E-state index contributed by atoms with van der Waals surface area (Å²) in [5.74, 6) is 1.51. The van der Waals surface area contributed by atoms with Crippen LogP contribution in [0.2, 0.25) is 0 Å². The van der Waals surface area contributed by atoms with E-state index in [-0.39, 0.29) is 12.4 Å². The van der Waals surface area contributed by atoms with E-state index in [0.717, 1.165) is 24.1 Å². The third kappa shape index (κ3) is 3.80. The van der Waals surface area contributed by atoms with Crippen LogP contribution in [0.15, 0.2) is 36.1 Å². The van der Waals surface area contributed by atoms with E-state index >= 15 is 0 Å². The molecule has 0 aliphatic carbocycles. The number of halogens is 2. The molecular weight excluding hydrogens is 328 g/mol. The zero-order valence-corrected chi connectivity index (χ0v) is 14.4. The van der Waals surface area contributed by atoms with Crippen molar-refractivity contribution in [2.24, 2.45) is 10.9 Å². The summed E-state index contributed by atoms with van der Waals surface area (Å²) >= 11 is 0. The average molecular weight is 351 g/mol. The van der Waals surface area contributed by atoms with Crippen molar-refractivity contribution >= 4 is 5.96 Å². The fourth-order valence-electron chi connectivity index (χ4n) is 3.24. The summed E-state index contributed by atoms with van der Waals surface area (Å²) in [4.78, 5) is 14.6. The molecule has 7 nitrogen and oxygen atoms in total. The molecule has 3 rings (SSSR count). The number of guanidine groups is 1. The van der Waals surface area contributed by atoms with Crippen LogP contribution in [0.25, 0.3) is 0 Å². The maximum Gasteiger partial charge on any atom is 0.319 e. The molecule has 2 atom stereocenters. The van der Waals surface area contributed by atoms with Gasteiger partial charge in [0.05, 0.1) is 18.9 Å². The third-order valence-corrected chi connectivity index (χ3v) is 4.70. The number of likely N-dealkylation sites (tertiary alicyclic amines) is 1. The summed E-state index contributed by atoms with van der Waals surface area (Å²) < 4.78 is 28.8. The summed E-state index contributed by atoms with van der Waals surface area (Å²) in [6.07, 6.45) is 9.27. The van der Waals surface area contributed by atoms with Gasteiger partial charge in [0.2, 0.25) is 0 Å². The topological polar surface area (TPSA) is 63.3 Å². The van der Waals surface area contributed by atoms with Crippen LogP contribution in [0.3, 0.4) is 0 Å². The number of hydrogen-bond donors (Lipinski definition) is 1. The predicted octanol–water partition coefficient (Wildman–Crippen LogP) is 2.13. The number of aromatic nitrogens is 4. The van der Waals surface area contributed by atoms with Crippen LogP contribution in [-0.4, -0.2) is 50.1 Å². The highest BCUT2D eigenvalue weighted by atomic mass is 19.3. The SMILES string of the molecule is CN=C(NCc1nccn1C(F)F)N1CCC(C)C(n2ccnc2)C1. The van der Waals surface area contributed by atoms with Crippen molar-refractivity contribution < 1.29 is 8.78 Å². The van der Waals surface area contributed by atoms with E-state index in [1.165, 1.54) is 12.4 Å². The van der Waals surface area contributed by atoms with Gasteiger partial charge >= 0.3 is 6.55 Å². The van der Waals surface area contributed by atoms with E-state index in [9.17, 15) is 8.78 Å². The Morgan fingerprint density at radius 2 is 2.24 bits per heavy atom. The molecule has 1 aliphatic heterocycles. The van der Waals surface area contributed by atoms with Gasteiger partial charge in [0, 0.05) is 44.9 Å². The van der Waals surface area contributed by atoms with Crippen molar-refractivity contribution in [3.63, 3.8) is 0 Å². The number of piperidine rings is 1. The summed E-state index contributed by atoms with van der Waals surface area (Å²) in [6.45, 7) is 1.50. The van der Waals surface area contributed by atoms with Gasteiger partial charge in [-0.2, -0.15) is 8.78 Å². The number of nitrogens with zero attached hydrogens (tertiary/aromatic N) is 6. The van der Waals surface area contributed by atoms with Crippen LogP contribution in [0.4, 0.5) is 8.78 Å². The first-order chi connectivity index (χ1) is 12.1. The number of alkyl halides is 2. The van der Waals surface area contributed by atoms with Crippen LogP contribution in [0, 0.1) is 5.92 Å². The summed E-state index contributed by atoms with van der Waals surface area (Å²) in [6, 6.07) is 0.304. The van der Waals surface area contributed by atoms with Crippen LogP contribution in [-0.2, 0) is 6.54 Å². The fraction of sp³-hybridized carbons (Fsp3) is 0.562. The number of imidazole rings is 2. The van der Waals surface area contributed by atoms with Crippen LogP contribution < -0.4 is 5.32 Å². The molecule has 25 heavy (non-hydrogen) atoms. The molecule has 9 heteroatoms. The third-order valence-electron chi connectivity index (χ3n) is 4.70. The van der Waals surface area contributed by atoms with E-state index in [2.05, 4.69) is 36.7 Å². The zero-order chi connectivity index (χ0) is 17.8. The normalized spacial score (nSPS) is 21.8. The minimum absolute atomic E-state index is 0.200. The first-order valence-corrected chi connectivity index (χ1v) is 8.33. The standard InChI is InChI=1S/C16H23F2N7/c1-12-3-6-23(10-13(12)24-7-4-20-11-24)16(19-2)22-9-14-21-5-8-25(14)15(17)18/h4-5,7-8,11-13,15H,3,6,9-10H2,1-2H3,(H,19,22). The van der Waals surface area contributed by atoms with E-state index in [1.54, 1.807) is 13.2 Å². The van der Waals surface area contributed by atoms with Gasteiger partial charge in [-0.25, -0.2) is 9.97 Å². The van der Waals surface area contributed by atoms with E-state index in [4.69, 9.17) is 0 Å². The Kier molecular flexibility index (Phi) is 5.30. The molecule has 0 saturated carbocycles. The van der Waals surface area contributed by atoms with Gasteiger partial charge in [-0.15, -0.1) is 0 Å². The number of rotatable bonds is 4. The Bertz CT molecular complexity index is 695. The van der Waals surface area contributed by atoms with Crippen LogP contribution in [0.5, 0.6) is 0 Å². The lowest BCUT2D eigenvalue weighted by atomic mass is 9.93. The Balaban J connectivity index is 1.66. The molecular formula is C16H23F2N7. The lowest BCUT2D eigenvalue weighted by molar-refractivity contribution is 0.0668. The predicted molar refractivity (Wildman–Crippen MR) is 90.3 cm³/mol. The molecule has 3 heterocycles. The highest BCUT2D eigenvalue weighted by molar-refractivity contribution is 5.79. The number of nitrogens with one attached hydrogen (secondary N) is 1. The second-order valence-electron chi connectivity index (χ2n) is 6.22. The van der Waals surface area contributed by atoms with E-state index in [0.29, 0.717) is 17.9 Å². The molecule has 2 aromatic heterocycles. The molecule has 136 valence electrons. The Labute approximate surface area is 145 Å². The summed E-state index contributed by atoms with van der Waals surface area (Å²) in [5.41, 5.74) is 0. The molecule has 2 aromatic rings. The quantitative estimate of drug-likeness (QED) is 0.677. The van der Waals surface area contributed by atoms with Crippen LogP contribution in [0.1, 0.15) is 31.8 Å². The van der Waals surface area contributed by atoms with Gasteiger partial charge in [0.15, 0.2) is 5.96 Å². The minimum atomic E-state index is -2.59. The molecule has 0 spiro atoms. The van der Waals surface area contributed by atoms with Crippen LogP contribution >= 0.6 is 0 Å². The van der Waals surface area contributed by atoms with Crippen molar-refractivity contribution in [2.75, 3.05) is 20.1 Å². The largest absolute Gasteiger partial charge is 0.349 e. The second-order valence-corrected chi connectivity index (χ2v) is 6.22. The first kappa shape index (κ1) is 17.4. The lowest BCUT2D eigenvalue weighted by Gasteiger charge is -2.39. The highest BCUT2D eigenvalue weighted by Gasteiger charge is 2.29. The molecule has 0 radical (unpaired) electrons. The number of aliphatic imine (C=N–C) groups is 1. The number of hydrogen-bond acceptors (Lipinski definition) is 3. The zero-order valence-electron chi connectivity index (χ0n) is 14.4. The molecule has 1 saturated heterocycles. The average Bonchev–Trinajstić information content (AvgIpc) is 3.28. The van der Waals surface area contributed by atoms with Crippen molar-refractivity contribution in [3.05, 3.63) is 36.9 Å². The van der Waals surface area contributed by atoms with Gasteiger partial charge in [0.1, 0.15) is 5.82 Å². The lowest BCUT2D eigenvalue weighted by Crippen LogP contribution is -2.48. The minimum Gasteiger partial charge on any atom is -0.349 e. The Morgan fingerprint density at radius 1 is 1.40 bits per heavy atom. The molecule has 0 bridgehead atoms. The van der Waals surface area contributed by atoms with Gasteiger partial charge < -0.3 is 14.8 Å². The Hall–Kier alpha value is -2.45. The fourth-order valence-corrected chi connectivity index (χ4v) is 3.24. The smallest absolute Gasteiger partial charge is 0.319 e. The van der Waals surface area contributed by atoms with Gasteiger partial charge in [-0.05, 0) is 12.3 Å². The maximum atomic E-state index is 12.9. The Morgan fingerprint density at radius 3 is 2.92 bits per heavy atom. The van der Waals surface area contributed by atoms with Gasteiger partial charge in [0.25, 0.3) is 0 Å². The van der Waals surface area contributed by atoms with Gasteiger partial charge in [-0.3, -0.25) is 9.56 Å². The van der Waals surface area contributed by atoms with E-state index in [1.807, 2.05) is 12.5 Å². The molecule has 1 fully saturated rings. The molecule has 1 N–H and O–H groups in total. The maximum absolute atomic E-state index is 12.9. The molecule has 0 aromatic carbocycles. The van der Waals surface area contributed by atoms with Gasteiger partial charge in [-0.1, -0.05) is 6.92 Å². The highest BCUT2D eigenvalue weighted by Crippen LogP contribution is 2.27. The molecule has 2 unspecified atom stereocenters. The van der Waals surface area contributed by atoms with E-state index < -0.39 is 6.55 Å². The van der Waals surface area contributed by atoms with Crippen molar-refractivity contribution in [1.29, 1.82) is 0 Å². The monoisotopic (exact) mass is 351 g/mol. The molecule has 1 aliphatic rings. The molecule has 0 amide bonds. The first-order valence-electron chi connectivity index (χ1n) is 8.33. The second kappa shape index (κ2) is 7.62. The van der Waals surface area contributed by atoms with Crippen molar-refractivity contribution in [2.45, 2.75) is 32.5 Å².